The number of hydrogen-bond acceptors (Lipinski definition) is 5. The Bertz CT molecular complexity index is 745. The normalized spacial score (nSPS) is 11.0. The van der Waals surface area contributed by atoms with E-state index in [-0.39, 0.29) is 18.1 Å². The van der Waals surface area contributed by atoms with Gasteiger partial charge in [-0.2, -0.15) is 0 Å². The van der Waals surface area contributed by atoms with Gasteiger partial charge in [0.25, 0.3) is 0 Å². The summed E-state index contributed by atoms with van der Waals surface area (Å²) in [5.74, 6) is 0.103. The summed E-state index contributed by atoms with van der Waals surface area (Å²) < 4.78 is 10.0. The molecule has 0 aliphatic rings. The molecule has 5 heteroatoms. The van der Waals surface area contributed by atoms with Crippen molar-refractivity contribution in [2.75, 3.05) is 13.7 Å². The topological polar surface area (TPSA) is 76.0 Å². The minimum atomic E-state index is -0.475. The van der Waals surface area contributed by atoms with Gasteiger partial charge in [-0.1, -0.05) is 24.3 Å². The molecular formula is C19H18O5. The van der Waals surface area contributed by atoms with Crippen LogP contribution in [0.25, 0.3) is 12.2 Å². The number of methoxy groups -OCH3 is 1. The number of phenols is 2. The van der Waals surface area contributed by atoms with Gasteiger partial charge in [-0.25, -0.2) is 4.79 Å². The van der Waals surface area contributed by atoms with Crippen LogP contribution in [0.2, 0.25) is 0 Å². The maximum atomic E-state index is 11.6. The Hall–Kier alpha value is -3.21. The zero-order valence-corrected chi connectivity index (χ0v) is 13.2. The molecule has 0 aliphatic heterocycles. The minimum Gasteiger partial charge on any atom is -0.508 e. The monoisotopic (exact) mass is 326 g/mol. The Labute approximate surface area is 140 Å². The van der Waals surface area contributed by atoms with Gasteiger partial charge in [-0.3, -0.25) is 0 Å². The molecule has 0 unspecified atom stereocenters. The highest BCUT2D eigenvalue weighted by atomic mass is 16.5. The molecule has 5 nitrogen and oxygen atoms in total. The van der Waals surface area contributed by atoms with Crippen LogP contribution >= 0.6 is 0 Å². The number of rotatable bonds is 6. The summed E-state index contributed by atoms with van der Waals surface area (Å²) >= 11 is 0. The van der Waals surface area contributed by atoms with E-state index in [0.717, 1.165) is 5.56 Å². The van der Waals surface area contributed by atoms with Crippen molar-refractivity contribution in [3.05, 3.63) is 65.7 Å². The van der Waals surface area contributed by atoms with E-state index < -0.39 is 5.97 Å². The first kappa shape index (κ1) is 17.1. The molecule has 124 valence electrons. The maximum Gasteiger partial charge on any atom is 0.331 e. The van der Waals surface area contributed by atoms with Crippen molar-refractivity contribution in [1.82, 2.24) is 0 Å². The van der Waals surface area contributed by atoms with E-state index in [9.17, 15) is 15.0 Å². The second-order valence-electron chi connectivity index (χ2n) is 4.89. The molecule has 0 amide bonds. The summed E-state index contributed by atoms with van der Waals surface area (Å²) in [5.41, 5.74) is 1.61. The average molecular weight is 326 g/mol. The molecule has 2 aromatic rings. The zero-order valence-electron chi connectivity index (χ0n) is 13.2. The molecule has 0 saturated carbocycles. The van der Waals surface area contributed by atoms with Gasteiger partial charge in [0, 0.05) is 6.08 Å². The van der Waals surface area contributed by atoms with E-state index in [1.165, 1.54) is 19.3 Å². The number of esters is 1. The van der Waals surface area contributed by atoms with Crippen LogP contribution in [0.4, 0.5) is 0 Å². The van der Waals surface area contributed by atoms with E-state index in [0.29, 0.717) is 11.3 Å². The minimum absolute atomic E-state index is 0.0385. The molecule has 24 heavy (non-hydrogen) atoms. The number of phenolic OH excluding ortho intramolecular Hbond substituents is 2. The van der Waals surface area contributed by atoms with E-state index in [4.69, 9.17) is 9.47 Å². The van der Waals surface area contributed by atoms with Gasteiger partial charge in [0.15, 0.2) is 11.5 Å². The number of ether oxygens (including phenoxy) is 2. The number of benzene rings is 2. The van der Waals surface area contributed by atoms with Crippen LogP contribution in [0.3, 0.4) is 0 Å². The second kappa shape index (κ2) is 8.43. The lowest BCUT2D eigenvalue weighted by atomic mass is 10.2. The number of carbonyl (C=O) groups is 1. The number of aromatic hydroxyl groups is 2. The molecule has 2 aromatic carbocycles. The van der Waals surface area contributed by atoms with Crippen LogP contribution in [0.5, 0.6) is 17.2 Å². The maximum absolute atomic E-state index is 11.6. The average Bonchev–Trinajstić information content (AvgIpc) is 2.59. The molecule has 0 fully saturated rings. The van der Waals surface area contributed by atoms with Crippen LogP contribution in [0, 0.1) is 0 Å². The van der Waals surface area contributed by atoms with Crippen molar-refractivity contribution in [3.63, 3.8) is 0 Å². The standard InChI is InChI=1S/C19H18O5/c1-23-18-13-15(6-10-17(18)21)7-11-19(22)24-12-2-3-14-4-8-16(20)9-5-14/h2-11,13,20-21H,12H2,1H3/b3-2+,11-7+. The summed E-state index contributed by atoms with van der Waals surface area (Å²) in [4.78, 5) is 11.6. The second-order valence-corrected chi connectivity index (χ2v) is 4.89. The molecule has 0 bridgehead atoms. The first-order valence-electron chi connectivity index (χ1n) is 7.26. The van der Waals surface area contributed by atoms with Gasteiger partial charge in [0.05, 0.1) is 7.11 Å². The predicted octanol–water partition coefficient (Wildman–Crippen LogP) is 3.38. The van der Waals surface area contributed by atoms with E-state index in [1.807, 2.05) is 0 Å². The third kappa shape index (κ3) is 5.21. The van der Waals surface area contributed by atoms with Crippen molar-refractivity contribution in [2.24, 2.45) is 0 Å². The SMILES string of the molecule is COc1cc(/C=C/C(=O)OC/C=C/c2ccc(O)cc2)ccc1O. The lowest BCUT2D eigenvalue weighted by molar-refractivity contribution is -0.136. The van der Waals surface area contributed by atoms with Crippen LogP contribution in [0.15, 0.2) is 54.6 Å². The van der Waals surface area contributed by atoms with Crippen LogP contribution in [-0.4, -0.2) is 29.9 Å². The Morgan fingerprint density at radius 2 is 1.75 bits per heavy atom. The molecule has 0 heterocycles. The largest absolute Gasteiger partial charge is 0.508 e. The van der Waals surface area contributed by atoms with E-state index in [2.05, 4.69) is 0 Å². The number of hydrogen-bond donors (Lipinski definition) is 2. The fourth-order valence-corrected chi connectivity index (χ4v) is 1.91. The van der Waals surface area contributed by atoms with E-state index >= 15 is 0 Å². The van der Waals surface area contributed by atoms with Gasteiger partial charge in [0.1, 0.15) is 12.4 Å². The van der Waals surface area contributed by atoms with Crippen molar-refractivity contribution < 1.29 is 24.5 Å². The third-order valence-electron chi connectivity index (χ3n) is 3.14. The Morgan fingerprint density at radius 3 is 2.46 bits per heavy atom. The highest BCUT2D eigenvalue weighted by molar-refractivity contribution is 5.87. The summed E-state index contributed by atoms with van der Waals surface area (Å²) in [6, 6.07) is 11.4. The smallest absolute Gasteiger partial charge is 0.331 e. The van der Waals surface area contributed by atoms with Crippen molar-refractivity contribution in [1.29, 1.82) is 0 Å². The summed E-state index contributed by atoms with van der Waals surface area (Å²) in [6.07, 6.45) is 6.39. The Morgan fingerprint density at radius 1 is 1.04 bits per heavy atom. The molecular weight excluding hydrogens is 308 g/mol. The lowest BCUT2D eigenvalue weighted by Crippen LogP contribution is -1.99. The zero-order chi connectivity index (χ0) is 17.4. The molecule has 0 atom stereocenters. The van der Waals surface area contributed by atoms with Crippen LogP contribution in [0.1, 0.15) is 11.1 Å². The van der Waals surface area contributed by atoms with Crippen molar-refractivity contribution >= 4 is 18.1 Å². The van der Waals surface area contributed by atoms with Crippen molar-refractivity contribution in [3.8, 4) is 17.2 Å². The summed E-state index contributed by atoms with van der Waals surface area (Å²) in [5, 5.41) is 18.7. The fourth-order valence-electron chi connectivity index (χ4n) is 1.91. The van der Waals surface area contributed by atoms with Gasteiger partial charge in [-0.05, 0) is 47.5 Å². The van der Waals surface area contributed by atoms with Crippen LogP contribution in [-0.2, 0) is 9.53 Å². The fraction of sp³-hybridized carbons (Fsp3) is 0.105. The molecule has 0 saturated heterocycles. The highest BCUT2D eigenvalue weighted by Gasteiger charge is 2.01. The number of carbonyl (C=O) groups excluding carboxylic acids is 1. The molecule has 0 spiro atoms. The Balaban J connectivity index is 1.83. The van der Waals surface area contributed by atoms with Crippen molar-refractivity contribution in [2.45, 2.75) is 0 Å². The predicted molar refractivity (Wildman–Crippen MR) is 91.8 cm³/mol. The van der Waals surface area contributed by atoms with E-state index in [1.54, 1.807) is 54.6 Å². The first-order chi connectivity index (χ1) is 11.6. The van der Waals surface area contributed by atoms with Crippen LogP contribution < -0.4 is 4.74 Å². The molecule has 0 aromatic heterocycles. The molecule has 2 rings (SSSR count). The molecule has 2 N–H and O–H groups in total. The Kier molecular flexibility index (Phi) is 6.02. The van der Waals surface area contributed by atoms with Gasteiger partial charge < -0.3 is 19.7 Å². The highest BCUT2D eigenvalue weighted by Crippen LogP contribution is 2.26. The summed E-state index contributed by atoms with van der Waals surface area (Å²) in [7, 11) is 1.46. The molecule has 0 aliphatic carbocycles. The first-order valence-corrected chi connectivity index (χ1v) is 7.26. The van der Waals surface area contributed by atoms with Gasteiger partial charge in [-0.15, -0.1) is 0 Å². The van der Waals surface area contributed by atoms with Gasteiger partial charge >= 0.3 is 5.97 Å². The van der Waals surface area contributed by atoms with Gasteiger partial charge in [0.2, 0.25) is 0 Å². The lowest BCUT2D eigenvalue weighted by Gasteiger charge is -2.03. The summed E-state index contributed by atoms with van der Waals surface area (Å²) in [6.45, 7) is 0.142. The molecule has 0 radical (unpaired) electrons. The quantitative estimate of drug-likeness (QED) is 0.629. The third-order valence-corrected chi connectivity index (χ3v) is 3.14.